The molecule has 154 valence electrons. The molecule has 0 bridgehead atoms. The van der Waals surface area contributed by atoms with Crippen molar-refractivity contribution >= 4 is 5.97 Å². The minimum atomic E-state index is -1.26. The first-order valence-corrected chi connectivity index (χ1v) is 9.67. The number of tetrazole rings is 1. The fraction of sp³-hybridized carbons (Fsp3) is 0.450. The first-order chi connectivity index (χ1) is 13.8. The molecule has 2 N–H and O–H groups in total. The quantitative estimate of drug-likeness (QED) is 0.559. The number of aryl methyl sites for hydroxylation is 1. The molecule has 0 amide bonds. The lowest BCUT2D eigenvalue weighted by molar-refractivity contribution is 0.0469. The first kappa shape index (κ1) is 20.7. The molecule has 0 saturated carbocycles. The Morgan fingerprint density at radius 3 is 2.52 bits per heavy atom. The molecule has 0 atom stereocenters. The van der Waals surface area contributed by atoms with Crippen molar-refractivity contribution < 1.29 is 14.6 Å². The number of esters is 1. The number of nitrogens with zero attached hydrogens (tertiary/aromatic N) is 5. The Bertz CT molecular complexity index is 956. The molecule has 0 aliphatic carbocycles. The highest BCUT2D eigenvalue weighted by atomic mass is 16.5. The van der Waals surface area contributed by atoms with Gasteiger partial charge in [-0.2, -0.15) is 0 Å². The van der Waals surface area contributed by atoms with Crippen molar-refractivity contribution in [1.29, 1.82) is 0 Å². The topological polar surface area (TPSA) is 119 Å². The van der Waals surface area contributed by atoms with Crippen molar-refractivity contribution in [3.05, 3.63) is 47.0 Å². The molecule has 2 heterocycles. The standard InChI is InChI=1S/C20H26N6O3/c1-5-7-15-21-17(20(3,4)28)16(19(27)29-6-2)26(15)12-13-8-10-14(11-9-13)18-22-24-25-23-18/h8-11,28H,5-7,12H2,1-4H3,(H,22,23,24,25). The highest BCUT2D eigenvalue weighted by molar-refractivity contribution is 5.89. The number of benzene rings is 1. The molecular formula is C20H26N6O3. The first-order valence-electron chi connectivity index (χ1n) is 9.67. The van der Waals surface area contributed by atoms with Gasteiger partial charge in [-0.05, 0) is 43.2 Å². The minimum Gasteiger partial charge on any atom is -0.461 e. The Morgan fingerprint density at radius 2 is 1.97 bits per heavy atom. The van der Waals surface area contributed by atoms with Crippen LogP contribution in [0.5, 0.6) is 0 Å². The summed E-state index contributed by atoms with van der Waals surface area (Å²) in [4.78, 5) is 17.3. The number of hydrogen-bond acceptors (Lipinski definition) is 7. The van der Waals surface area contributed by atoms with Gasteiger partial charge in [-0.3, -0.25) is 0 Å². The number of carbonyl (C=O) groups excluding carboxylic acids is 1. The number of hydrogen-bond donors (Lipinski definition) is 2. The van der Waals surface area contributed by atoms with Gasteiger partial charge in [0.2, 0.25) is 0 Å². The number of rotatable bonds is 8. The lowest BCUT2D eigenvalue weighted by atomic mass is 10.0. The Labute approximate surface area is 169 Å². The minimum absolute atomic E-state index is 0.248. The van der Waals surface area contributed by atoms with E-state index >= 15 is 0 Å². The number of nitrogens with one attached hydrogen (secondary N) is 1. The maximum Gasteiger partial charge on any atom is 0.357 e. The molecule has 3 rings (SSSR count). The molecule has 1 aromatic carbocycles. The van der Waals surface area contributed by atoms with Gasteiger partial charge in [0.15, 0.2) is 11.5 Å². The molecule has 3 aromatic rings. The maximum absolute atomic E-state index is 12.7. The summed E-state index contributed by atoms with van der Waals surface area (Å²) in [6, 6.07) is 7.72. The van der Waals surface area contributed by atoms with E-state index in [2.05, 4.69) is 25.6 Å². The monoisotopic (exact) mass is 398 g/mol. The molecule has 0 aliphatic rings. The highest BCUT2D eigenvalue weighted by Crippen LogP contribution is 2.27. The third-order valence-electron chi connectivity index (χ3n) is 4.48. The molecule has 9 heteroatoms. The van der Waals surface area contributed by atoms with E-state index < -0.39 is 11.6 Å². The van der Waals surface area contributed by atoms with Crippen LogP contribution >= 0.6 is 0 Å². The van der Waals surface area contributed by atoms with E-state index in [-0.39, 0.29) is 6.61 Å². The summed E-state index contributed by atoms with van der Waals surface area (Å²) in [5, 5.41) is 24.4. The Balaban J connectivity index is 2.02. The lowest BCUT2D eigenvalue weighted by Gasteiger charge is -2.17. The molecule has 0 aliphatic heterocycles. The van der Waals surface area contributed by atoms with Gasteiger partial charge in [0.25, 0.3) is 0 Å². The summed E-state index contributed by atoms with van der Waals surface area (Å²) in [7, 11) is 0. The smallest absolute Gasteiger partial charge is 0.357 e. The number of carbonyl (C=O) groups is 1. The number of aromatic amines is 1. The second-order valence-electron chi connectivity index (χ2n) is 7.29. The number of ether oxygens (including phenoxy) is 1. The molecule has 2 aromatic heterocycles. The Morgan fingerprint density at radius 1 is 1.24 bits per heavy atom. The maximum atomic E-state index is 12.7. The average molecular weight is 398 g/mol. The van der Waals surface area contributed by atoms with Crippen LogP contribution in [0.4, 0.5) is 0 Å². The van der Waals surface area contributed by atoms with Crippen molar-refractivity contribution in [2.75, 3.05) is 6.61 Å². The second kappa shape index (κ2) is 8.52. The summed E-state index contributed by atoms with van der Waals surface area (Å²) < 4.78 is 7.11. The molecule has 0 unspecified atom stereocenters. The van der Waals surface area contributed by atoms with Gasteiger partial charge >= 0.3 is 5.97 Å². The molecular weight excluding hydrogens is 372 g/mol. The van der Waals surface area contributed by atoms with Crippen LogP contribution in [0.1, 0.15) is 61.7 Å². The van der Waals surface area contributed by atoms with Crippen LogP contribution < -0.4 is 0 Å². The summed E-state index contributed by atoms with van der Waals surface area (Å²) in [5.41, 5.74) is 1.21. The fourth-order valence-corrected chi connectivity index (χ4v) is 3.15. The molecule has 9 nitrogen and oxygen atoms in total. The molecule has 29 heavy (non-hydrogen) atoms. The average Bonchev–Trinajstić information content (AvgIpc) is 3.32. The molecule has 0 spiro atoms. The number of aliphatic hydroxyl groups is 1. The lowest BCUT2D eigenvalue weighted by Crippen LogP contribution is -2.23. The van der Waals surface area contributed by atoms with Gasteiger partial charge in [0, 0.05) is 18.5 Å². The van der Waals surface area contributed by atoms with Crippen LogP contribution in [0.3, 0.4) is 0 Å². The zero-order chi connectivity index (χ0) is 21.0. The van der Waals surface area contributed by atoms with E-state index in [1.54, 1.807) is 20.8 Å². The predicted octanol–water partition coefficient (Wildman–Crippen LogP) is 2.47. The third-order valence-corrected chi connectivity index (χ3v) is 4.48. The van der Waals surface area contributed by atoms with Crippen molar-refractivity contribution in [3.8, 4) is 11.4 Å². The van der Waals surface area contributed by atoms with Gasteiger partial charge in [0.1, 0.15) is 17.1 Å². The summed E-state index contributed by atoms with van der Waals surface area (Å²) in [5.74, 6) is 0.849. The van der Waals surface area contributed by atoms with Crippen LogP contribution in [0, 0.1) is 0 Å². The van der Waals surface area contributed by atoms with Crippen LogP contribution in [-0.4, -0.2) is 47.9 Å². The Kier molecular flexibility index (Phi) is 6.07. The van der Waals surface area contributed by atoms with Crippen molar-refractivity contribution in [3.63, 3.8) is 0 Å². The van der Waals surface area contributed by atoms with E-state index in [1.165, 1.54) is 0 Å². The van der Waals surface area contributed by atoms with Gasteiger partial charge < -0.3 is 14.4 Å². The highest BCUT2D eigenvalue weighted by Gasteiger charge is 2.32. The zero-order valence-corrected chi connectivity index (χ0v) is 17.1. The fourth-order valence-electron chi connectivity index (χ4n) is 3.15. The molecule has 0 radical (unpaired) electrons. The summed E-state index contributed by atoms with van der Waals surface area (Å²) >= 11 is 0. The summed E-state index contributed by atoms with van der Waals surface area (Å²) in [6.07, 6.45) is 1.55. The largest absolute Gasteiger partial charge is 0.461 e. The van der Waals surface area contributed by atoms with E-state index in [0.29, 0.717) is 30.2 Å². The molecule has 0 saturated heterocycles. The van der Waals surface area contributed by atoms with E-state index in [4.69, 9.17) is 4.74 Å². The normalized spacial score (nSPS) is 11.6. The van der Waals surface area contributed by atoms with Crippen LogP contribution in [0.15, 0.2) is 24.3 Å². The third kappa shape index (κ3) is 4.51. The predicted molar refractivity (Wildman–Crippen MR) is 106 cm³/mol. The number of H-pyrrole nitrogens is 1. The van der Waals surface area contributed by atoms with Gasteiger partial charge in [-0.1, -0.05) is 31.2 Å². The van der Waals surface area contributed by atoms with E-state index in [0.717, 1.165) is 23.4 Å². The van der Waals surface area contributed by atoms with Crippen LogP contribution in [-0.2, 0) is 23.3 Å². The van der Waals surface area contributed by atoms with Crippen molar-refractivity contribution in [2.45, 2.75) is 52.7 Å². The SMILES string of the molecule is CCCc1nc(C(C)(C)O)c(C(=O)OCC)n1Cc1ccc(-c2nnn[nH]2)cc1. The second-order valence-corrected chi connectivity index (χ2v) is 7.29. The van der Waals surface area contributed by atoms with Gasteiger partial charge in [0.05, 0.1) is 6.61 Å². The van der Waals surface area contributed by atoms with Gasteiger partial charge in [-0.25, -0.2) is 14.9 Å². The zero-order valence-electron chi connectivity index (χ0n) is 17.1. The molecule has 0 fully saturated rings. The van der Waals surface area contributed by atoms with Crippen molar-refractivity contribution in [1.82, 2.24) is 30.2 Å². The van der Waals surface area contributed by atoms with Crippen molar-refractivity contribution in [2.24, 2.45) is 0 Å². The summed E-state index contributed by atoms with van der Waals surface area (Å²) in [6.45, 7) is 7.73. The van der Waals surface area contributed by atoms with E-state index in [1.807, 2.05) is 35.8 Å². The number of aromatic nitrogens is 6. The van der Waals surface area contributed by atoms with Crippen LogP contribution in [0.2, 0.25) is 0 Å². The van der Waals surface area contributed by atoms with E-state index in [9.17, 15) is 9.90 Å². The van der Waals surface area contributed by atoms with Gasteiger partial charge in [-0.15, -0.1) is 5.10 Å². The number of imidazole rings is 1. The van der Waals surface area contributed by atoms with Crippen LogP contribution in [0.25, 0.3) is 11.4 Å². The Hall–Kier alpha value is -3.07.